The smallest absolute Gasteiger partial charge is 0.393 e. The molecule has 118 valence electrons. The highest BCUT2D eigenvalue weighted by atomic mass is 32.2. The minimum absolute atomic E-state index is 0.0221. The molecule has 0 saturated carbocycles. The normalized spacial score (nSPS) is 21.2. The summed E-state index contributed by atoms with van der Waals surface area (Å²) in [7, 11) is -2.46. The number of hydrogen-bond donors (Lipinski definition) is 0. The van der Waals surface area contributed by atoms with Crippen molar-refractivity contribution in [2.75, 3.05) is 20.2 Å². The van der Waals surface area contributed by atoms with Crippen LogP contribution in [-0.2, 0) is 10.0 Å². The third-order valence-corrected chi connectivity index (χ3v) is 5.42. The van der Waals surface area contributed by atoms with E-state index in [1.54, 1.807) is 0 Å². The first-order valence-corrected chi connectivity index (χ1v) is 7.90. The molecule has 1 aromatic rings. The summed E-state index contributed by atoms with van der Waals surface area (Å²) in [6.45, 7) is -0.404. The molecule has 1 saturated heterocycles. The minimum atomic E-state index is -4.37. The molecule has 1 fully saturated rings. The largest absolute Gasteiger partial charge is 0.497 e. The van der Waals surface area contributed by atoms with E-state index in [0.29, 0.717) is 5.75 Å². The van der Waals surface area contributed by atoms with Crippen LogP contribution in [0.3, 0.4) is 0 Å². The minimum Gasteiger partial charge on any atom is -0.497 e. The number of methoxy groups -OCH3 is 1. The van der Waals surface area contributed by atoms with Crippen molar-refractivity contribution in [1.29, 1.82) is 0 Å². The van der Waals surface area contributed by atoms with Crippen LogP contribution in [0, 0.1) is 5.92 Å². The van der Waals surface area contributed by atoms with Crippen LogP contribution in [0.1, 0.15) is 12.8 Å². The van der Waals surface area contributed by atoms with E-state index in [9.17, 15) is 21.6 Å². The molecule has 0 N–H and O–H groups in total. The molecule has 0 radical (unpaired) electrons. The second kappa shape index (κ2) is 5.84. The van der Waals surface area contributed by atoms with Gasteiger partial charge in [-0.25, -0.2) is 8.42 Å². The van der Waals surface area contributed by atoms with Crippen molar-refractivity contribution in [3.05, 3.63) is 24.3 Å². The van der Waals surface area contributed by atoms with E-state index in [1.807, 2.05) is 0 Å². The topological polar surface area (TPSA) is 46.6 Å². The van der Waals surface area contributed by atoms with Crippen LogP contribution in [-0.4, -0.2) is 39.1 Å². The maximum Gasteiger partial charge on any atom is 0.393 e. The first-order chi connectivity index (χ1) is 9.75. The lowest BCUT2D eigenvalue weighted by Gasteiger charge is -2.32. The highest BCUT2D eigenvalue weighted by Crippen LogP contribution is 2.35. The van der Waals surface area contributed by atoms with Gasteiger partial charge in [-0.1, -0.05) is 0 Å². The number of ether oxygens (including phenoxy) is 1. The van der Waals surface area contributed by atoms with E-state index < -0.39 is 28.7 Å². The monoisotopic (exact) mass is 323 g/mol. The van der Waals surface area contributed by atoms with Crippen molar-refractivity contribution in [3.63, 3.8) is 0 Å². The van der Waals surface area contributed by atoms with E-state index in [2.05, 4.69) is 0 Å². The van der Waals surface area contributed by atoms with Gasteiger partial charge < -0.3 is 4.74 Å². The fraction of sp³-hybridized carbons (Fsp3) is 0.538. The first-order valence-electron chi connectivity index (χ1n) is 6.46. The van der Waals surface area contributed by atoms with Crippen molar-refractivity contribution < 1.29 is 26.3 Å². The van der Waals surface area contributed by atoms with Gasteiger partial charge in [-0.3, -0.25) is 0 Å². The standard InChI is InChI=1S/C13H16F3NO3S/c1-20-11-4-6-12(7-5-11)21(18,19)17-8-2-3-10(9-17)13(14,15)16/h4-7,10H,2-3,8-9H2,1H3/t10-/m0/s1. The molecular weight excluding hydrogens is 307 g/mol. The summed E-state index contributed by atoms with van der Waals surface area (Å²) in [5.41, 5.74) is 0. The molecule has 0 spiro atoms. The third kappa shape index (κ3) is 3.49. The van der Waals surface area contributed by atoms with Gasteiger partial charge in [-0.05, 0) is 37.1 Å². The summed E-state index contributed by atoms with van der Waals surface area (Å²) in [5, 5.41) is 0. The second-order valence-corrected chi connectivity index (χ2v) is 6.86. The van der Waals surface area contributed by atoms with Gasteiger partial charge in [0.25, 0.3) is 0 Å². The van der Waals surface area contributed by atoms with Gasteiger partial charge in [-0.15, -0.1) is 0 Å². The molecule has 1 aromatic carbocycles. The molecular formula is C13H16F3NO3S. The van der Waals surface area contributed by atoms with E-state index in [4.69, 9.17) is 4.74 Å². The van der Waals surface area contributed by atoms with Crippen molar-refractivity contribution in [3.8, 4) is 5.75 Å². The van der Waals surface area contributed by atoms with Crippen LogP contribution in [0.5, 0.6) is 5.75 Å². The maximum absolute atomic E-state index is 12.8. The van der Waals surface area contributed by atoms with Gasteiger partial charge >= 0.3 is 6.18 Å². The Morgan fingerprint density at radius 1 is 1.24 bits per heavy atom. The summed E-state index contributed by atoms with van der Waals surface area (Å²) in [6, 6.07) is 5.62. The van der Waals surface area contributed by atoms with Crippen LogP contribution in [0.25, 0.3) is 0 Å². The van der Waals surface area contributed by atoms with Gasteiger partial charge in [0.2, 0.25) is 10.0 Å². The highest BCUT2D eigenvalue weighted by Gasteiger charge is 2.44. The van der Waals surface area contributed by atoms with Gasteiger partial charge in [0, 0.05) is 13.1 Å². The molecule has 1 heterocycles. The first kappa shape index (κ1) is 16.1. The molecule has 4 nitrogen and oxygen atoms in total. The Balaban J connectivity index is 2.22. The lowest BCUT2D eigenvalue weighted by Crippen LogP contribution is -2.44. The summed E-state index contributed by atoms with van der Waals surface area (Å²) < 4.78 is 68.9. The Hall–Kier alpha value is -1.28. The molecule has 21 heavy (non-hydrogen) atoms. The Labute approximate surface area is 121 Å². The average molecular weight is 323 g/mol. The summed E-state index contributed by atoms with van der Waals surface area (Å²) in [5.74, 6) is -1.11. The van der Waals surface area contributed by atoms with Gasteiger partial charge in [-0.2, -0.15) is 17.5 Å². The Kier molecular flexibility index (Phi) is 4.48. The van der Waals surface area contributed by atoms with Crippen LogP contribution >= 0.6 is 0 Å². The molecule has 1 aliphatic rings. The van der Waals surface area contributed by atoms with Crippen LogP contribution in [0.2, 0.25) is 0 Å². The highest BCUT2D eigenvalue weighted by molar-refractivity contribution is 7.89. The molecule has 0 aromatic heterocycles. The number of sulfonamides is 1. The lowest BCUT2D eigenvalue weighted by atomic mass is 9.99. The van der Waals surface area contributed by atoms with Gasteiger partial charge in [0.15, 0.2) is 0 Å². The molecule has 1 atom stereocenters. The predicted molar refractivity (Wildman–Crippen MR) is 70.5 cm³/mol. The molecule has 1 aliphatic heterocycles. The molecule has 2 rings (SSSR count). The fourth-order valence-electron chi connectivity index (χ4n) is 2.32. The zero-order valence-electron chi connectivity index (χ0n) is 11.4. The van der Waals surface area contributed by atoms with Crippen molar-refractivity contribution in [2.45, 2.75) is 23.9 Å². The summed E-state index contributed by atoms with van der Waals surface area (Å²) >= 11 is 0. The van der Waals surface area contributed by atoms with Crippen LogP contribution in [0.15, 0.2) is 29.2 Å². The average Bonchev–Trinajstić information content (AvgIpc) is 2.46. The van der Waals surface area contributed by atoms with Crippen LogP contribution in [0.4, 0.5) is 13.2 Å². The van der Waals surface area contributed by atoms with Crippen molar-refractivity contribution in [2.24, 2.45) is 5.92 Å². The number of alkyl halides is 3. The van der Waals surface area contributed by atoms with Gasteiger partial charge in [0.05, 0.1) is 17.9 Å². The van der Waals surface area contributed by atoms with Crippen LogP contribution < -0.4 is 4.74 Å². The zero-order valence-corrected chi connectivity index (χ0v) is 12.2. The molecule has 8 heteroatoms. The number of piperidine rings is 1. The number of hydrogen-bond acceptors (Lipinski definition) is 3. The van der Waals surface area contributed by atoms with Crippen molar-refractivity contribution in [1.82, 2.24) is 4.31 Å². The van der Waals surface area contributed by atoms with E-state index in [1.165, 1.54) is 31.4 Å². The maximum atomic E-state index is 12.8. The fourth-order valence-corrected chi connectivity index (χ4v) is 3.85. The molecule has 0 bridgehead atoms. The number of benzene rings is 1. The Bertz CT molecular complexity index is 584. The lowest BCUT2D eigenvalue weighted by molar-refractivity contribution is -0.182. The van der Waals surface area contributed by atoms with E-state index in [0.717, 1.165) is 4.31 Å². The SMILES string of the molecule is COc1ccc(S(=O)(=O)N2CCC[C@H](C(F)(F)F)C2)cc1. The van der Waals surface area contributed by atoms with E-state index >= 15 is 0 Å². The molecule has 0 unspecified atom stereocenters. The number of halogens is 3. The Morgan fingerprint density at radius 3 is 2.38 bits per heavy atom. The van der Waals surface area contributed by atoms with Crippen molar-refractivity contribution >= 4 is 10.0 Å². The second-order valence-electron chi connectivity index (χ2n) is 4.92. The zero-order chi connectivity index (χ0) is 15.7. The Morgan fingerprint density at radius 2 is 1.86 bits per heavy atom. The third-order valence-electron chi connectivity index (χ3n) is 3.54. The number of nitrogens with zero attached hydrogens (tertiary/aromatic N) is 1. The molecule has 0 amide bonds. The van der Waals surface area contributed by atoms with E-state index in [-0.39, 0.29) is 24.3 Å². The summed E-state index contributed by atoms with van der Waals surface area (Å²) in [6.07, 6.45) is -4.19. The predicted octanol–water partition coefficient (Wildman–Crippen LogP) is 2.66. The number of rotatable bonds is 3. The van der Waals surface area contributed by atoms with Gasteiger partial charge in [0.1, 0.15) is 5.75 Å². The molecule has 0 aliphatic carbocycles. The quantitative estimate of drug-likeness (QED) is 0.859. The summed E-state index contributed by atoms with van der Waals surface area (Å²) in [4.78, 5) is -0.0221.